The zero-order valence-corrected chi connectivity index (χ0v) is 14.4. The Morgan fingerprint density at radius 3 is 2.28 bits per heavy atom. The highest BCUT2D eigenvalue weighted by Gasteiger charge is 2.20. The van der Waals surface area contributed by atoms with Crippen LogP contribution in [0.25, 0.3) is 0 Å². The van der Waals surface area contributed by atoms with E-state index in [0.717, 1.165) is 23.3 Å². The monoisotopic (exact) mass is 346 g/mol. The van der Waals surface area contributed by atoms with Gasteiger partial charge in [-0.15, -0.1) is 0 Å². The molecule has 0 aliphatic carbocycles. The second-order valence-corrected chi connectivity index (χ2v) is 5.78. The van der Waals surface area contributed by atoms with Crippen molar-refractivity contribution in [1.82, 2.24) is 4.90 Å². The molecule has 25 heavy (non-hydrogen) atoms. The molecule has 2 aromatic rings. The molecule has 0 aliphatic heterocycles. The molecular weight excluding hydrogens is 326 g/mol. The van der Waals surface area contributed by atoms with E-state index in [2.05, 4.69) is 5.32 Å². The average molecular weight is 346 g/mol. The lowest BCUT2D eigenvalue weighted by Gasteiger charge is -2.21. The standard InChI is InChI=1S/C19H20F2N2O2/c1-4-23(19(25)14-9-8-12(2)10-13(14)3)11-17(24)22-18-15(20)6-5-7-16(18)21/h5-10H,4,11H2,1-3H3,(H,22,24). The SMILES string of the molecule is CCN(CC(=O)Nc1c(F)cccc1F)C(=O)c1ccc(C)cc1C. The Balaban J connectivity index is 2.13. The fraction of sp³-hybridized carbons (Fsp3) is 0.263. The molecule has 0 radical (unpaired) electrons. The van der Waals surface area contributed by atoms with Crippen LogP contribution in [-0.2, 0) is 4.79 Å². The molecule has 2 aromatic carbocycles. The fourth-order valence-corrected chi connectivity index (χ4v) is 2.52. The molecule has 4 nitrogen and oxygen atoms in total. The first kappa shape index (κ1) is 18.6. The van der Waals surface area contributed by atoms with Crippen LogP contribution in [0.3, 0.4) is 0 Å². The molecular formula is C19H20F2N2O2. The number of nitrogens with one attached hydrogen (secondary N) is 1. The van der Waals surface area contributed by atoms with E-state index in [1.165, 1.54) is 11.0 Å². The number of likely N-dealkylation sites (N-methyl/N-ethyl adjacent to an activating group) is 1. The van der Waals surface area contributed by atoms with Gasteiger partial charge in [0.25, 0.3) is 5.91 Å². The lowest BCUT2D eigenvalue weighted by molar-refractivity contribution is -0.116. The number of aryl methyl sites for hydroxylation is 2. The van der Waals surface area contributed by atoms with Crippen LogP contribution < -0.4 is 5.32 Å². The van der Waals surface area contributed by atoms with Crippen molar-refractivity contribution in [2.75, 3.05) is 18.4 Å². The summed E-state index contributed by atoms with van der Waals surface area (Å²) >= 11 is 0. The minimum atomic E-state index is -0.864. The number of carbonyl (C=O) groups excluding carboxylic acids is 2. The summed E-state index contributed by atoms with van der Waals surface area (Å²) in [6, 6.07) is 8.74. The van der Waals surface area contributed by atoms with Gasteiger partial charge in [-0.3, -0.25) is 9.59 Å². The van der Waals surface area contributed by atoms with Crippen LogP contribution in [0, 0.1) is 25.5 Å². The van der Waals surface area contributed by atoms with Gasteiger partial charge in [0, 0.05) is 12.1 Å². The van der Waals surface area contributed by atoms with Crippen molar-refractivity contribution < 1.29 is 18.4 Å². The fourth-order valence-electron chi connectivity index (χ4n) is 2.52. The van der Waals surface area contributed by atoms with Crippen LogP contribution in [0.4, 0.5) is 14.5 Å². The number of anilines is 1. The van der Waals surface area contributed by atoms with Crippen LogP contribution >= 0.6 is 0 Å². The third-order valence-corrected chi connectivity index (χ3v) is 3.84. The average Bonchev–Trinajstić information content (AvgIpc) is 2.55. The summed E-state index contributed by atoms with van der Waals surface area (Å²) in [7, 11) is 0. The lowest BCUT2D eigenvalue weighted by atomic mass is 10.0. The first-order valence-electron chi connectivity index (χ1n) is 7.93. The predicted molar refractivity (Wildman–Crippen MR) is 92.5 cm³/mol. The summed E-state index contributed by atoms with van der Waals surface area (Å²) in [4.78, 5) is 26.1. The minimum Gasteiger partial charge on any atom is -0.330 e. The Kier molecular flexibility index (Phi) is 5.85. The Bertz CT molecular complexity index is 786. The van der Waals surface area contributed by atoms with E-state index in [1.807, 2.05) is 26.0 Å². The van der Waals surface area contributed by atoms with E-state index in [9.17, 15) is 18.4 Å². The van der Waals surface area contributed by atoms with E-state index in [4.69, 9.17) is 0 Å². The number of carbonyl (C=O) groups is 2. The maximum absolute atomic E-state index is 13.6. The Morgan fingerprint density at radius 1 is 1.08 bits per heavy atom. The molecule has 2 amide bonds. The summed E-state index contributed by atoms with van der Waals surface area (Å²) in [6.07, 6.45) is 0. The van der Waals surface area contributed by atoms with Gasteiger partial charge in [-0.1, -0.05) is 23.8 Å². The summed E-state index contributed by atoms with van der Waals surface area (Å²) in [5.41, 5.74) is 1.83. The number of benzene rings is 2. The van der Waals surface area contributed by atoms with Gasteiger partial charge < -0.3 is 10.2 Å². The molecule has 0 aromatic heterocycles. The molecule has 0 unspecified atom stereocenters. The quantitative estimate of drug-likeness (QED) is 0.898. The summed E-state index contributed by atoms with van der Waals surface area (Å²) in [5.74, 6) is -2.69. The van der Waals surface area contributed by atoms with Gasteiger partial charge in [0.05, 0.1) is 0 Å². The molecule has 0 bridgehead atoms. The number of rotatable bonds is 5. The largest absolute Gasteiger partial charge is 0.330 e. The first-order valence-corrected chi connectivity index (χ1v) is 7.93. The van der Waals surface area contributed by atoms with Gasteiger partial charge >= 0.3 is 0 Å². The third kappa shape index (κ3) is 4.41. The second-order valence-electron chi connectivity index (χ2n) is 5.78. The highest BCUT2D eigenvalue weighted by Crippen LogP contribution is 2.18. The van der Waals surface area contributed by atoms with Gasteiger partial charge in [0.1, 0.15) is 23.9 Å². The number of nitrogens with zero attached hydrogens (tertiary/aromatic N) is 1. The van der Waals surface area contributed by atoms with Crippen LogP contribution in [0.15, 0.2) is 36.4 Å². The molecule has 0 aliphatic rings. The van der Waals surface area contributed by atoms with E-state index in [0.29, 0.717) is 12.1 Å². The zero-order chi connectivity index (χ0) is 18.6. The summed E-state index contributed by atoms with van der Waals surface area (Å²) < 4.78 is 27.2. The Morgan fingerprint density at radius 2 is 1.72 bits per heavy atom. The van der Waals surface area contributed by atoms with E-state index < -0.39 is 23.2 Å². The Labute approximate surface area is 145 Å². The first-order chi connectivity index (χ1) is 11.8. The van der Waals surface area contributed by atoms with Crippen molar-refractivity contribution in [3.8, 4) is 0 Å². The maximum atomic E-state index is 13.6. The van der Waals surface area contributed by atoms with Crippen molar-refractivity contribution in [2.24, 2.45) is 0 Å². The molecule has 0 saturated carbocycles. The molecule has 0 heterocycles. The van der Waals surface area contributed by atoms with Gasteiger partial charge in [0.2, 0.25) is 5.91 Å². The Hall–Kier alpha value is -2.76. The minimum absolute atomic E-state index is 0.291. The van der Waals surface area contributed by atoms with E-state index in [1.54, 1.807) is 13.0 Å². The number of halogens is 2. The highest BCUT2D eigenvalue weighted by atomic mass is 19.1. The lowest BCUT2D eigenvalue weighted by Crippen LogP contribution is -2.38. The van der Waals surface area contributed by atoms with E-state index in [-0.39, 0.29) is 12.5 Å². The molecule has 0 atom stereocenters. The maximum Gasteiger partial charge on any atom is 0.254 e. The number of para-hydroxylation sites is 1. The molecule has 1 N–H and O–H groups in total. The van der Waals surface area contributed by atoms with Gasteiger partial charge in [-0.05, 0) is 44.5 Å². The van der Waals surface area contributed by atoms with Gasteiger partial charge in [-0.25, -0.2) is 8.78 Å². The summed E-state index contributed by atoms with van der Waals surface area (Å²) in [6.45, 7) is 5.48. The van der Waals surface area contributed by atoms with Crippen molar-refractivity contribution in [2.45, 2.75) is 20.8 Å². The smallest absolute Gasteiger partial charge is 0.254 e. The van der Waals surface area contributed by atoms with Gasteiger partial charge in [0.15, 0.2) is 0 Å². The van der Waals surface area contributed by atoms with E-state index >= 15 is 0 Å². The molecule has 0 saturated heterocycles. The summed E-state index contributed by atoms with van der Waals surface area (Å²) in [5, 5.41) is 2.19. The predicted octanol–water partition coefficient (Wildman–Crippen LogP) is 3.68. The number of amides is 2. The molecule has 132 valence electrons. The topological polar surface area (TPSA) is 49.4 Å². The highest BCUT2D eigenvalue weighted by molar-refractivity contribution is 6.00. The number of hydrogen-bond donors (Lipinski definition) is 1. The van der Waals surface area contributed by atoms with Crippen molar-refractivity contribution in [3.05, 3.63) is 64.7 Å². The second kappa shape index (κ2) is 7.88. The normalized spacial score (nSPS) is 10.4. The van der Waals surface area contributed by atoms with Gasteiger partial charge in [-0.2, -0.15) is 0 Å². The van der Waals surface area contributed by atoms with Crippen LogP contribution in [0.5, 0.6) is 0 Å². The van der Waals surface area contributed by atoms with Crippen molar-refractivity contribution in [3.63, 3.8) is 0 Å². The molecule has 0 spiro atoms. The van der Waals surface area contributed by atoms with Crippen molar-refractivity contribution >= 4 is 17.5 Å². The van der Waals surface area contributed by atoms with Crippen LogP contribution in [0.1, 0.15) is 28.4 Å². The van der Waals surface area contributed by atoms with Crippen molar-refractivity contribution in [1.29, 1.82) is 0 Å². The molecule has 0 fully saturated rings. The third-order valence-electron chi connectivity index (χ3n) is 3.84. The number of hydrogen-bond acceptors (Lipinski definition) is 2. The van der Waals surface area contributed by atoms with Crippen LogP contribution in [-0.4, -0.2) is 29.8 Å². The molecule has 2 rings (SSSR count). The van der Waals surface area contributed by atoms with Crippen LogP contribution in [0.2, 0.25) is 0 Å². The molecule has 6 heteroatoms. The zero-order valence-electron chi connectivity index (χ0n) is 14.4.